The molecule has 1 atom stereocenters. The molecule has 1 aromatic rings. The number of hydrazine groups is 1. The molecule has 2 aliphatic heterocycles. The van der Waals surface area contributed by atoms with E-state index >= 15 is 0 Å². The molecule has 1 aliphatic carbocycles. The summed E-state index contributed by atoms with van der Waals surface area (Å²) in [6.45, 7) is 10.1. The normalized spacial score (nSPS) is 19.0. The van der Waals surface area contributed by atoms with Crippen LogP contribution in [0, 0.1) is 0 Å². The number of nitrogens with one attached hydrogen (secondary N) is 1. The molecule has 1 fully saturated rings. The molecule has 13 heteroatoms. The van der Waals surface area contributed by atoms with Crippen LogP contribution < -0.4 is 15.1 Å². The van der Waals surface area contributed by atoms with Crippen LogP contribution >= 0.6 is 0 Å². The standard InChI is InChI=1S/C32H45F3N4O6/c1-30(2,3)44-27(41)14-15-37(29(42)45-31(4,5)6)19-26(40)38-16-13-21-17-24(11-12-25(21)38)43-20-22-18-39(23-9-7-8-10-23)36-28(22)32(33,34)35/h11-12,17-18,23,28,36H,7-10,13-16,19-20H2,1-6H3. The number of carbonyl (C=O) groups is 3. The van der Waals surface area contributed by atoms with Gasteiger partial charge in [0.2, 0.25) is 5.91 Å². The van der Waals surface area contributed by atoms with Crippen LogP contribution in [0.25, 0.3) is 0 Å². The molecule has 1 aromatic carbocycles. The van der Waals surface area contributed by atoms with E-state index in [0.29, 0.717) is 24.4 Å². The maximum Gasteiger partial charge on any atom is 0.410 e. The van der Waals surface area contributed by atoms with Crippen molar-refractivity contribution in [3.05, 3.63) is 35.5 Å². The molecule has 0 spiro atoms. The summed E-state index contributed by atoms with van der Waals surface area (Å²) in [5.41, 5.74) is 2.66. The van der Waals surface area contributed by atoms with E-state index in [4.69, 9.17) is 14.2 Å². The molecule has 250 valence electrons. The van der Waals surface area contributed by atoms with Gasteiger partial charge in [-0.2, -0.15) is 13.2 Å². The summed E-state index contributed by atoms with van der Waals surface area (Å²) in [6.07, 6.45) is 0.444. The van der Waals surface area contributed by atoms with E-state index in [9.17, 15) is 27.6 Å². The van der Waals surface area contributed by atoms with Gasteiger partial charge >= 0.3 is 18.2 Å². The van der Waals surface area contributed by atoms with Crippen LogP contribution in [-0.2, 0) is 25.5 Å². The zero-order valence-electron chi connectivity index (χ0n) is 27.0. The Bertz CT molecular complexity index is 1280. The van der Waals surface area contributed by atoms with Crippen molar-refractivity contribution in [1.29, 1.82) is 0 Å². The largest absolute Gasteiger partial charge is 0.489 e. The quantitative estimate of drug-likeness (QED) is 0.354. The van der Waals surface area contributed by atoms with Gasteiger partial charge in [-0.1, -0.05) is 12.8 Å². The minimum Gasteiger partial charge on any atom is -0.489 e. The maximum absolute atomic E-state index is 13.8. The van der Waals surface area contributed by atoms with Gasteiger partial charge in [-0.15, -0.1) is 0 Å². The van der Waals surface area contributed by atoms with Gasteiger partial charge in [-0.05, 0) is 84.6 Å². The van der Waals surface area contributed by atoms with E-state index < -0.39 is 35.5 Å². The zero-order valence-corrected chi connectivity index (χ0v) is 27.0. The van der Waals surface area contributed by atoms with Crippen molar-refractivity contribution < 1.29 is 41.8 Å². The first kappa shape index (κ1) is 34.4. The minimum absolute atomic E-state index is 0.0411. The lowest BCUT2D eigenvalue weighted by Gasteiger charge is -2.29. The van der Waals surface area contributed by atoms with Gasteiger partial charge in [0.15, 0.2) is 0 Å². The number of amides is 2. The zero-order chi connectivity index (χ0) is 33.2. The first-order valence-corrected chi connectivity index (χ1v) is 15.5. The van der Waals surface area contributed by atoms with E-state index in [1.165, 1.54) is 11.1 Å². The lowest BCUT2D eigenvalue weighted by molar-refractivity contribution is -0.155. The Hall–Kier alpha value is -3.48. The van der Waals surface area contributed by atoms with Crippen molar-refractivity contribution in [2.75, 3.05) is 31.1 Å². The second-order valence-corrected chi connectivity index (χ2v) is 13.8. The van der Waals surface area contributed by atoms with Crippen LogP contribution in [-0.4, -0.2) is 83.6 Å². The smallest absolute Gasteiger partial charge is 0.410 e. The molecule has 45 heavy (non-hydrogen) atoms. The number of halogens is 3. The minimum atomic E-state index is -4.46. The highest BCUT2D eigenvalue weighted by atomic mass is 19.4. The van der Waals surface area contributed by atoms with Crippen molar-refractivity contribution in [3.8, 4) is 5.75 Å². The maximum atomic E-state index is 13.8. The number of ether oxygens (including phenoxy) is 3. The molecule has 1 unspecified atom stereocenters. The highest BCUT2D eigenvalue weighted by Gasteiger charge is 2.47. The molecule has 0 saturated heterocycles. The van der Waals surface area contributed by atoms with Crippen molar-refractivity contribution in [3.63, 3.8) is 0 Å². The molecule has 1 N–H and O–H groups in total. The summed E-state index contributed by atoms with van der Waals surface area (Å²) in [5.74, 6) is -0.462. The van der Waals surface area contributed by atoms with E-state index in [1.807, 2.05) is 0 Å². The fourth-order valence-corrected chi connectivity index (χ4v) is 5.64. The van der Waals surface area contributed by atoms with Crippen LogP contribution in [0.1, 0.15) is 79.2 Å². The summed E-state index contributed by atoms with van der Waals surface area (Å²) >= 11 is 0. The highest BCUT2D eigenvalue weighted by molar-refractivity contribution is 5.98. The first-order valence-electron chi connectivity index (χ1n) is 15.5. The van der Waals surface area contributed by atoms with E-state index in [0.717, 1.165) is 31.2 Å². The summed E-state index contributed by atoms with van der Waals surface area (Å²) < 4.78 is 58.0. The second kappa shape index (κ2) is 13.5. The fraction of sp³-hybridized carbons (Fsp3) is 0.656. The number of fused-ring (bicyclic) bond motifs is 1. The van der Waals surface area contributed by atoms with Gasteiger partial charge in [0.1, 0.15) is 36.1 Å². The molecule has 0 radical (unpaired) electrons. The second-order valence-electron chi connectivity index (χ2n) is 13.8. The van der Waals surface area contributed by atoms with Crippen molar-refractivity contribution >= 4 is 23.7 Å². The average molecular weight is 639 g/mol. The van der Waals surface area contributed by atoms with Crippen LogP contribution in [0.3, 0.4) is 0 Å². The topological polar surface area (TPSA) is 101 Å². The van der Waals surface area contributed by atoms with Gasteiger partial charge < -0.3 is 24.1 Å². The third-order valence-electron chi connectivity index (χ3n) is 7.64. The van der Waals surface area contributed by atoms with E-state index in [-0.39, 0.29) is 43.6 Å². The molecule has 0 aromatic heterocycles. The Morgan fingerprint density at radius 2 is 1.67 bits per heavy atom. The van der Waals surface area contributed by atoms with Crippen molar-refractivity contribution in [2.24, 2.45) is 0 Å². The number of benzene rings is 1. The first-order chi connectivity index (χ1) is 20.9. The number of hydrogen-bond acceptors (Lipinski definition) is 8. The third kappa shape index (κ3) is 9.51. The Balaban J connectivity index is 1.40. The Morgan fingerprint density at radius 3 is 2.29 bits per heavy atom. The Kier molecular flexibility index (Phi) is 10.3. The van der Waals surface area contributed by atoms with Gasteiger partial charge in [0.05, 0.1) is 6.42 Å². The van der Waals surface area contributed by atoms with Crippen molar-refractivity contribution in [2.45, 2.75) is 110 Å². The number of anilines is 1. The summed E-state index contributed by atoms with van der Waals surface area (Å²) in [7, 11) is 0. The molecule has 2 heterocycles. The van der Waals surface area contributed by atoms with Crippen LogP contribution in [0.2, 0.25) is 0 Å². The van der Waals surface area contributed by atoms with E-state index in [2.05, 4.69) is 5.43 Å². The number of esters is 1. The molecule has 10 nitrogen and oxygen atoms in total. The summed E-state index contributed by atoms with van der Waals surface area (Å²) in [6, 6.07) is 3.29. The number of hydrogen-bond donors (Lipinski definition) is 1. The fourth-order valence-electron chi connectivity index (χ4n) is 5.64. The number of nitrogens with zero attached hydrogens (tertiary/aromatic N) is 3. The molecular weight excluding hydrogens is 593 g/mol. The predicted octanol–water partition coefficient (Wildman–Crippen LogP) is 5.50. The number of rotatable bonds is 9. The van der Waals surface area contributed by atoms with Crippen molar-refractivity contribution in [1.82, 2.24) is 15.3 Å². The van der Waals surface area contributed by atoms with Gasteiger partial charge in [0, 0.05) is 36.6 Å². The molecular formula is C32H45F3N4O6. The lowest BCUT2D eigenvalue weighted by Crippen LogP contribution is -2.48. The molecule has 1 saturated carbocycles. The highest BCUT2D eigenvalue weighted by Crippen LogP contribution is 2.35. The third-order valence-corrected chi connectivity index (χ3v) is 7.64. The molecule has 2 amide bonds. The number of carbonyl (C=O) groups excluding carboxylic acids is 3. The van der Waals surface area contributed by atoms with Crippen LogP contribution in [0.4, 0.5) is 23.7 Å². The van der Waals surface area contributed by atoms with Gasteiger partial charge in [-0.3, -0.25) is 14.5 Å². The summed E-state index contributed by atoms with van der Waals surface area (Å²) in [5, 5.41) is 1.59. The Morgan fingerprint density at radius 1 is 1.00 bits per heavy atom. The van der Waals surface area contributed by atoms with Gasteiger partial charge in [-0.25, -0.2) is 10.2 Å². The van der Waals surface area contributed by atoms with Crippen LogP contribution in [0.15, 0.2) is 30.0 Å². The summed E-state index contributed by atoms with van der Waals surface area (Å²) in [4.78, 5) is 41.4. The Labute approximate surface area is 262 Å². The molecule has 4 rings (SSSR count). The lowest BCUT2D eigenvalue weighted by atomic mass is 10.1. The molecule has 3 aliphatic rings. The van der Waals surface area contributed by atoms with E-state index in [1.54, 1.807) is 69.7 Å². The monoisotopic (exact) mass is 638 g/mol. The predicted molar refractivity (Wildman–Crippen MR) is 161 cm³/mol. The molecule has 0 bridgehead atoms. The van der Waals surface area contributed by atoms with Crippen LogP contribution in [0.5, 0.6) is 5.75 Å². The van der Waals surface area contributed by atoms with Gasteiger partial charge in [0.25, 0.3) is 0 Å². The SMILES string of the molecule is CC(C)(C)OC(=O)CCN(CC(=O)N1CCc2cc(OCC3=CN(C4CCCC4)NC3C(F)(F)F)ccc21)C(=O)OC(C)(C)C. The number of alkyl halides is 3. The average Bonchev–Trinajstić information content (AvgIpc) is 3.66.